The van der Waals surface area contributed by atoms with E-state index >= 15 is 0 Å². The SMILES string of the molecule is Cc1cc(F)ccc1C1CCN(C(=O)Nc2cnns2)CC1. The standard InChI is InChI=1S/C15H17FN4OS/c1-10-8-12(16)2-3-13(10)11-4-6-20(7-5-11)15(21)18-14-9-17-19-22-14/h2-3,8-9,11H,4-7H2,1H3,(H,18,21). The molecule has 1 saturated heterocycles. The lowest BCUT2D eigenvalue weighted by molar-refractivity contribution is 0.194. The van der Waals surface area contributed by atoms with Crippen molar-refractivity contribution in [1.29, 1.82) is 0 Å². The van der Waals surface area contributed by atoms with E-state index in [9.17, 15) is 9.18 Å². The first-order valence-electron chi connectivity index (χ1n) is 7.23. The van der Waals surface area contributed by atoms with Crippen LogP contribution in [-0.4, -0.2) is 33.6 Å². The lowest BCUT2D eigenvalue weighted by Crippen LogP contribution is -2.40. The number of piperidine rings is 1. The zero-order valence-electron chi connectivity index (χ0n) is 12.3. The summed E-state index contributed by atoms with van der Waals surface area (Å²) in [5, 5.41) is 7.14. The maximum absolute atomic E-state index is 13.2. The smallest absolute Gasteiger partial charge is 0.322 e. The number of benzene rings is 1. The number of carbonyl (C=O) groups is 1. The first-order valence-corrected chi connectivity index (χ1v) is 8.00. The van der Waals surface area contributed by atoms with Crippen molar-refractivity contribution in [2.24, 2.45) is 0 Å². The number of likely N-dealkylation sites (tertiary alicyclic amines) is 1. The van der Waals surface area contributed by atoms with E-state index < -0.39 is 0 Å². The van der Waals surface area contributed by atoms with Gasteiger partial charge >= 0.3 is 6.03 Å². The number of nitrogens with one attached hydrogen (secondary N) is 1. The molecule has 0 spiro atoms. The number of hydrogen-bond donors (Lipinski definition) is 1. The molecule has 0 radical (unpaired) electrons. The average molecular weight is 320 g/mol. The zero-order valence-corrected chi connectivity index (χ0v) is 13.1. The van der Waals surface area contributed by atoms with Crippen molar-refractivity contribution >= 4 is 22.6 Å². The van der Waals surface area contributed by atoms with Crippen LogP contribution in [0.25, 0.3) is 0 Å². The van der Waals surface area contributed by atoms with Crippen LogP contribution in [0.15, 0.2) is 24.4 Å². The minimum absolute atomic E-state index is 0.111. The molecule has 0 bridgehead atoms. The lowest BCUT2D eigenvalue weighted by atomic mass is 9.87. The molecule has 2 heterocycles. The number of halogens is 1. The third-order valence-electron chi connectivity index (χ3n) is 4.05. The second kappa shape index (κ2) is 6.39. The van der Waals surface area contributed by atoms with Gasteiger partial charge in [0, 0.05) is 24.6 Å². The average Bonchev–Trinajstić information content (AvgIpc) is 3.00. The third kappa shape index (κ3) is 3.24. The number of aryl methyl sites for hydroxylation is 1. The second-order valence-corrected chi connectivity index (χ2v) is 6.26. The van der Waals surface area contributed by atoms with Gasteiger partial charge in [-0.2, -0.15) is 0 Å². The molecule has 0 aliphatic carbocycles. The van der Waals surface area contributed by atoms with E-state index in [4.69, 9.17) is 0 Å². The van der Waals surface area contributed by atoms with Crippen LogP contribution in [0.4, 0.5) is 14.2 Å². The third-order valence-corrected chi connectivity index (χ3v) is 4.63. The van der Waals surface area contributed by atoms with Crippen LogP contribution < -0.4 is 5.32 Å². The highest BCUT2D eigenvalue weighted by Crippen LogP contribution is 2.30. The Morgan fingerprint density at radius 2 is 2.18 bits per heavy atom. The molecule has 2 aromatic rings. The highest BCUT2D eigenvalue weighted by Gasteiger charge is 2.25. The van der Waals surface area contributed by atoms with Crippen molar-refractivity contribution in [3.05, 3.63) is 41.3 Å². The van der Waals surface area contributed by atoms with Gasteiger partial charge in [-0.3, -0.25) is 5.32 Å². The maximum Gasteiger partial charge on any atom is 0.322 e. The molecule has 0 unspecified atom stereocenters. The van der Waals surface area contributed by atoms with Gasteiger partial charge in [0.1, 0.15) is 10.8 Å². The highest BCUT2D eigenvalue weighted by atomic mass is 32.1. The Kier molecular flexibility index (Phi) is 4.33. The van der Waals surface area contributed by atoms with Gasteiger partial charge in [0.15, 0.2) is 0 Å². The second-order valence-electron chi connectivity index (χ2n) is 5.47. The molecule has 2 amide bonds. The van der Waals surface area contributed by atoms with Crippen molar-refractivity contribution < 1.29 is 9.18 Å². The zero-order chi connectivity index (χ0) is 15.5. The van der Waals surface area contributed by atoms with Crippen molar-refractivity contribution in [1.82, 2.24) is 14.5 Å². The number of amides is 2. The largest absolute Gasteiger partial charge is 0.324 e. The minimum Gasteiger partial charge on any atom is -0.324 e. The quantitative estimate of drug-likeness (QED) is 0.922. The van der Waals surface area contributed by atoms with Gasteiger partial charge in [-0.15, -0.1) is 5.10 Å². The number of nitrogens with zero attached hydrogens (tertiary/aromatic N) is 3. The molecular formula is C15H17FN4OS. The van der Waals surface area contributed by atoms with E-state index in [1.807, 2.05) is 13.0 Å². The van der Waals surface area contributed by atoms with E-state index in [0.717, 1.165) is 29.9 Å². The Morgan fingerprint density at radius 1 is 1.41 bits per heavy atom. The molecule has 0 saturated carbocycles. The van der Waals surface area contributed by atoms with Crippen LogP contribution in [0.3, 0.4) is 0 Å². The van der Waals surface area contributed by atoms with E-state index in [2.05, 4.69) is 14.9 Å². The van der Waals surface area contributed by atoms with Gasteiger partial charge in [-0.25, -0.2) is 9.18 Å². The molecule has 1 aromatic carbocycles. The Labute approximate surface area is 132 Å². The number of rotatable bonds is 2. The Bertz CT molecular complexity index is 654. The number of aromatic nitrogens is 2. The van der Waals surface area contributed by atoms with E-state index in [0.29, 0.717) is 24.0 Å². The Morgan fingerprint density at radius 3 is 2.82 bits per heavy atom. The predicted octanol–water partition coefficient (Wildman–Crippen LogP) is 3.40. The van der Waals surface area contributed by atoms with Crippen LogP contribution in [-0.2, 0) is 0 Å². The van der Waals surface area contributed by atoms with E-state index in [1.54, 1.807) is 11.0 Å². The van der Waals surface area contributed by atoms with Gasteiger partial charge in [0.25, 0.3) is 0 Å². The minimum atomic E-state index is -0.198. The summed E-state index contributed by atoms with van der Waals surface area (Å²) in [5.74, 6) is 0.186. The van der Waals surface area contributed by atoms with Crippen LogP contribution >= 0.6 is 11.5 Å². The fraction of sp³-hybridized carbons (Fsp3) is 0.400. The number of carbonyl (C=O) groups excluding carboxylic acids is 1. The normalized spacial score (nSPS) is 15.8. The Hall–Kier alpha value is -2.02. The first kappa shape index (κ1) is 14.9. The van der Waals surface area contributed by atoms with Gasteiger partial charge < -0.3 is 4.90 Å². The van der Waals surface area contributed by atoms with Gasteiger partial charge in [0.2, 0.25) is 0 Å². The van der Waals surface area contributed by atoms with Crippen molar-refractivity contribution in [2.45, 2.75) is 25.7 Å². The topological polar surface area (TPSA) is 58.1 Å². The maximum atomic E-state index is 13.2. The molecule has 0 atom stereocenters. The molecule has 5 nitrogen and oxygen atoms in total. The number of anilines is 1. The summed E-state index contributed by atoms with van der Waals surface area (Å²) in [4.78, 5) is 13.9. The van der Waals surface area contributed by atoms with Crippen LogP contribution in [0.1, 0.15) is 29.9 Å². The Balaban J connectivity index is 1.59. The number of hydrogen-bond acceptors (Lipinski definition) is 4. The lowest BCUT2D eigenvalue weighted by Gasteiger charge is -2.32. The summed E-state index contributed by atoms with van der Waals surface area (Å²) in [6, 6.07) is 4.85. The molecule has 22 heavy (non-hydrogen) atoms. The molecule has 1 aliphatic rings. The summed E-state index contributed by atoms with van der Waals surface area (Å²) < 4.78 is 16.9. The molecule has 116 valence electrons. The molecule has 1 N–H and O–H groups in total. The molecule has 1 fully saturated rings. The molecule has 1 aliphatic heterocycles. The fourth-order valence-corrected chi connectivity index (χ4v) is 3.31. The van der Waals surface area contributed by atoms with Crippen LogP contribution in [0, 0.1) is 12.7 Å². The summed E-state index contributed by atoms with van der Waals surface area (Å²) in [7, 11) is 0. The van der Waals surface area contributed by atoms with Gasteiger partial charge in [0.05, 0.1) is 6.20 Å². The summed E-state index contributed by atoms with van der Waals surface area (Å²) in [6.07, 6.45) is 3.32. The van der Waals surface area contributed by atoms with E-state index in [-0.39, 0.29) is 11.8 Å². The molecule has 3 rings (SSSR count). The highest BCUT2D eigenvalue weighted by molar-refractivity contribution is 7.10. The summed E-state index contributed by atoms with van der Waals surface area (Å²) in [6.45, 7) is 3.33. The van der Waals surface area contributed by atoms with Crippen molar-refractivity contribution in [2.75, 3.05) is 18.4 Å². The first-order chi connectivity index (χ1) is 10.6. The monoisotopic (exact) mass is 320 g/mol. The molecule has 7 heteroatoms. The molecular weight excluding hydrogens is 303 g/mol. The van der Waals surface area contributed by atoms with Crippen LogP contribution in [0.5, 0.6) is 0 Å². The van der Waals surface area contributed by atoms with E-state index in [1.165, 1.54) is 17.8 Å². The van der Waals surface area contributed by atoms with Crippen molar-refractivity contribution in [3.63, 3.8) is 0 Å². The van der Waals surface area contributed by atoms with Gasteiger partial charge in [-0.1, -0.05) is 10.6 Å². The fourth-order valence-electron chi connectivity index (χ4n) is 2.90. The number of urea groups is 1. The van der Waals surface area contributed by atoms with Crippen LogP contribution in [0.2, 0.25) is 0 Å². The molecule has 1 aromatic heterocycles. The predicted molar refractivity (Wildman–Crippen MR) is 83.6 cm³/mol. The summed E-state index contributed by atoms with van der Waals surface area (Å²) >= 11 is 1.16. The summed E-state index contributed by atoms with van der Waals surface area (Å²) in [5.41, 5.74) is 2.17. The van der Waals surface area contributed by atoms with Crippen molar-refractivity contribution in [3.8, 4) is 0 Å². The van der Waals surface area contributed by atoms with Gasteiger partial charge in [-0.05, 0) is 48.9 Å².